The smallest absolute Gasteiger partial charge is 0.0630 e. The Morgan fingerprint density at radius 2 is 1.92 bits per heavy atom. The van der Waals surface area contributed by atoms with Crippen molar-refractivity contribution < 1.29 is 5.11 Å². The van der Waals surface area contributed by atoms with E-state index in [0.29, 0.717) is 0 Å². The van der Waals surface area contributed by atoms with Crippen LogP contribution in [0.4, 0.5) is 0 Å². The number of aliphatic hydroxyl groups excluding tert-OH is 1. The van der Waals surface area contributed by atoms with E-state index in [2.05, 4.69) is 27.7 Å². The number of aliphatic hydroxyl groups is 1. The van der Waals surface area contributed by atoms with Crippen molar-refractivity contribution in [2.24, 2.45) is 0 Å². The molecule has 0 heterocycles. The first kappa shape index (κ1) is 12.3. The van der Waals surface area contributed by atoms with Gasteiger partial charge in [-0.3, -0.25) is 0 Å². The Morgan fingerprint density at radius 3 is 2.33 bits per heavy atom. The highest BCUT2D eigenvalue weighted by molar-refractivity contribution is 8.00. The largest absolute Gasteiger partial charge is 0.392 e. The van der Waals surface area contributed by atoms with E-state index in [-0.39, 0.29) is 10.9 Å². The second kappa shape index (κ2) is 5.87. The van der Waals surface area contributed by atoms with Gasteiger partial charge in [0.1, 0.15) is 0 Å². The third-order valence-corrected chi connectivity index (χ3v) is 3.02. The number of thioether (sulfide) groups is 1. The molecule has 1 unspecified atom stereocenters. The molecule has 0 spiro atoms. The average Bonchev–Trinajstić information content (AvgIpc) is 1.95. The highest BCUT2D eigenvalue weighted by Crippen LogP contribution is 2.24. The van der Waals surface area contributed by atoms with Crippen LogP contribution in [0.2, 0.25) is 0 Å². The Balaban J connectivity index is 3.37. The highest BCUT2D eigenvalue weighted by atomic mass is 32.2. The SMILES string of the molecule is CCCCC(O)CSC(C)(C)C. The number of rotatable bonds is 5. The van der Waals surface area contributed by atoms with Gasteiger partial charge in [0.05, 0.1) is 6.10 Å². The standard InChI is InChI=1S/C10H22OS/c1-5-6-7-9(11)8-12-10(2,3)4/h9,11H,5-8H2,1-4H3. The summed E-state index contributed by atoms with van der Waals surface area (Å²) in [4.78, 5) is 0. The summed E-state index contributed by atoms with van der Waals surface area (Å²) < 4.78 is 0.285. The lowest BCUT2D eigenvalue weighted by Crippen LogP contribution is -2.16. The fourth-order valence-electron chi connectivity index (χ4n) is 0.869. The van der Waals surface area contributed by atoms with E-state index in [4.69, 9.17) is 0 Å². The Morgan fingerprint density at radius 1 is 1.33 bits per heavy atom. The van der Waals surface area contributed by atoms with Gasteiger partial charge in [0.2, 0.25) is 0 Å². The first-order valence-electron chi connectivity index (χ1n) is 4.77. The van der Waals surface area contributed by atoms with Crippen LogP contribution in [0.5, 0.6) is 0 Å². The van der Waals surface area contributed by atoms with Gasteiger partial charge >= 0.3 is 0 Å². The molecule has 0 saturated carbocycles. The highest BCUT2D eigenvalue weighted by Gasteiger charge is 2.13. The third kappa shape index (κ3) is 8.41. The van der Waals surface area contributed by atoms with Gasteiger partial charge in [-0.15, -0.1) is 0 Å². The molecule has 0 aliphatic heterocycles. The minimum absolute atomic E-state index is 0.103. The van der Waals surface area contributed by atoms with Crippen molar-refractivity contribution in [3.63, 3.8) is 0 Å². The molecule has 0 aliphatic carbocycles. The summed E-state index contributed by atoms with van der Waals surface area (Å²) in [5, 5.41) is 9.52. The Kier molecular flexibility index (Phi) is 6.02. The zero-order valence-corrected chi connectivity index (χ0v) is 9.58. The molecule has 12 heavy (non-hydrogen) atoms. The predicted octanol–water partition coefficient (Wildman–Crippen LogP) is 3.07. The van der Waals surface area contributed by atoms with Gasteiger partial charge in [0.25, 0.3) is 0 Å². The van der Waals surface area contributed by atoms with Crippen molar-refractivity contribution in [2.75, 3.05) is 5.75 Å². The molecule has 74 valence electrons. The van der Waals surface area contributed by atoms with E-state index in [0.717, 1.165) is 18.6 Å². The summed E-state index contributed by atoms with van der Waals surface area (Å²) >= 11 is 1.84. The maximum absolute atomic E-state index is 9.52. The lowest BCUT2D eigenvalue weighted by Gasteiger charge is -2.19. The molecule has 1 N–H and O–H groups in total. The molecule has 0 aromatic rings. The predicted molar refractivity (Wildman–Crippen MR) is 57.7 cm³/mol. The summed E-state index contributed by atoms with van der Waals surface area (Å²) in [7, 11) is 0. The molecule has 0 aromatic carbocycles. The van der Waals surface area contributed by atoms with E-state index >= 15 is 0 Å². The molecule has 0 saturated heterocycles. The number of hydrogen-bond donors (Lipinski definition) is 1. The van der Waals surface area contributed by atoms with Gasteiger partial charge < -0.3 is 5.11 Å². The molecule has 0 aliphatic rings. The normalized spacial score (nSPS) is 14.8. The van der Waals surface area contributed by atoms with Gasteiger partial charge in [0, 0.05) is 10.5 Å². The van der Waals surface area contributed by atoms with Crippen LogP contribution in [0.1, 0.15) is 47.0 Å². The van der Waals surface area contributed by atoms with Crippen molar-refractivity contribution in [3.05, 3.63) is 0 Å². The molecule has 0 fully saturated rings. The van der Waals surface area contributed by atoms with Gasteiger partial charge in [-0.1, -0.05) is 40.5 Å². The van der Waals surface area contributed by atoms with E-state index in [1.807, 2.05) is 11.8 Å². The maximum Gasteiger partial charge on any atom is 0.0630 e. The zero-order valence-electron chi connectivity index (χ0n) is 8.76. The van der Waals surface area contributed by atoms with Crippen LogP contribution < -0.4 is 0 Å². The maximum atomic E-state index is 9.52. The molecule has 0 radical (unpaired) electrons. The molecule has 1 atom stereocenters. The van der Waals surface area contributed by atoms with Crippen LogP contribution in [-0.4, -0.2) is 21.7 Å². The topological polar surface area (TPSA) is 20.2 Å². The molecule has 2 heteroatoms. The minimum Gasteiger partial charge on any atom is -0.392 e. The van der Waals surface area contributed by atoms with Crippen LogP contribution in [0.3, 0.4) is 0 Å². The van der Waals surface area contributed by atoms with E-state index < -0.39 is 0 Å². The molecule has 0 amide bonds. The second-order valence-electron chi connectivity index (χ2n) is 4.22. The lowest BCUT2D eigenvalue weighted by atomic mass is 10.2. The Labute approximate surface area is 80.9 Å². The summed E-state index contributed by atoms with van der Waals surface area (Å²) in [6.07, 6.45) is 3.18. The molecule has 0 bridgehead atoms. The number of hydrogen-bond acceptors (Lipinski definition) is 2. The first-order chi connectivity index (χ1) is 5.45. The minimum atomic E-state index is -0.103. The Bertz CT molecular complexity index is 107. The summed E-state index contributed by atoms with van der Waals surface area (Å²) in [6.45, 7) is 8.71. The number of unbranched alkanes of at least 4 members (excludes halogenated alkanes) is 1. The fourth-order valence-corrected chi connectivity index (χ4v) is 1.73. The van der Waals surface area contributed by atoms with E-state index in [1.165, 1.54) is 6.42 Å². The fraction of sp³-hybridized carbons (Fsp3) is 1.00. The molecular formula is C10H22OS. The zero-order chi connectivity index (χ0) is 9.61. The molecule has 1 nitrogen and oxygen atoms in total. The van der Waals surface area contributed by atoms with Gasteiger partial charge in [-0.05, 0) is 6.42 Å². The second-order valence-corrected chi connectivity index (χ2v) is 6.07. The first-order valence-corrected chi connectivity index (χ1v) is 5.76. The Hall–Kier alpha value is 0.310. The van der Waals surface area contributed by atoms with Crippen LogP contribution >= 0.6 is 11.8 Å². The molecular weight excluding hydrogens is 168 g/mol. The monoisotopic (exact) mass is 190 g/mol. The van der Waals surface area contributed by atoms with Gasteiger partial charge in [0.15, 0.2) is 0 Å². The van der Waals surface area contributed by atoms with E-state index in [9.17, 15) is 5.11 Å². The van der Waals surface area contributed by atoms with Crippen molar-refractivity contribution in [1.29, 1.82) is 0 Å². The van der Waals surface area contributed by atoms with Crippen molar-refractivity contribution >= 4 is 11.8 Å². The average molecular weight is 190 g/mol. The quantitative estimate of drug-likeness (QED) is 0.719. The van der Waals surface area contributed by atoms with Crippen LogP contribution in [0.25, 0.3) is 0 Å². The van der Waals surface area contributed by atoms with Crippen molar-refractivity contribution in [2.45, 2.75) is 57.8 Å². The molecule has 0 rings (SSSR count). The van der Waals surface area contributed by atoms with Crippen molar-refractivity contribution in [3.8, 4) is 0 Å². The van der Waals surface area contributed by atoms with Crippen LogP contribution in [0, 0.1) is 0 Å². The van der Waals surface area contributed by atoms with Crippen LogP contribution in [-0.2, 0) is 0 Å². The van der Waals surface area contributed by atoms with E-state index in [1.54, 1.807) is 0 Å². The van der Waals surface area contributed by atoms with Crippen LogP contribution in [0.15, 0.2) is 0 Å². The summed E-state index contributed by atoms with van der Waals surface area (Å²) in [6, 6.07) is 0. The third-order valence-electron chi connectivity index (χ3n) is 1.60. The molecule has 0 aromatic heterocycles. The lowest BCUT2D eigenvalue weighted by molar-refractivity contribution is 0.185. The van der Waals surface area contributed by atoms with Gasteiger partial charge in [-0.25, -0.2) is 0 Å². The summed E-state index contributed by atoms with van der Waals surface area (Å²) in [5.74, 6) is 0.878. The van der Waals surface area contributed by atoms with Crippen molar-refractivity contribution in [1.82, 2.24) is 0 Å². The van der Waals surface area contributed by atoms with Gasteiger partial charge in [-0.2, -0.15) is 11.8 Å². The summed E-state index contributed by atoms with van der Waals surface area (Å²) in [5.41, 5.74) is 0.